The highest BCUT2D eigenvalue weighted by atomic mass is 35.7. The lowest BCUT2D eigenvalue weighted by molar-refractivity contribution is 0.0943. The highest BCUT2D eigenvalue weighted by Crippen LogP contribution is 2.21. The molecule has 0 aliphatic rings. The number of carbonyl (C=O) groups excluding carboxylic acids is 1. The van der Waals surface area contributed by atoms with Crippen LogP contribution in [0.25, 0.3) is 0 Å². The summed E-state index contributed by atoms with van der Waals surface area (Å²) in [7, 11) is 0.534. The van der Waals surface area contributed by atoms with Gasteiger partial charge in [-0.2, -0.15) is 0 Å². The van der Waals surface area contributed by atoms with Crippen LogP contribution in [0.3, 0.4) is 0 Å². The molecule has 21 heavy (non-hydrogen) atoms. The number of hydrogen-bond donors (Lipinski definition) is 1. The first-order valence-corrected chi connectivity index (χ1v) is 10.4. The molecular formula is C12H19ClN2O4S2. The Balaban J connectivity index is 2.88. The number of amides is 1. The number of hydrogen-bond acceptors (Lipinski definition) is 4. The van der Waals surface area contributed by atoms with Gasteiger partial charge in [0.05, 0.1) is 0 Å². The predicted octanol–water partition coefficient (Wildman–Crippen LogP) is 1.49. The number of carbonyl (C=O) groups is 1. The van der Waals surface area contributed by atoms with Gasteiger partial charge in [0.1, 0.15) is 10.6 Å². The first-order chi connectivity index (χ1) is 9.62. The minimum absolute atomic E-state index is 0.0823. The maximum absolute atomic E-state index is 12.1. The van der Waals surface area contributed by atoms with Crippen LogP contribution in [0.4, 0.5) is 0 Å². The van der Waals surface area contributed by atoms with Crippen molar-refractivity contribution < 1.29 is 17.4 Å². The van der Waals surface area contributed by atoms with Gasteiger partial charge in [-0.25, -0.2) is 8.42 Å². The second-order valence-corrected chi connectivity index (χ2v) is 9.01. The van der Waals surface area contributed by atoms with Crippen LogP contribution in [0.15, 0.2) is 17.2 Å². The van der Waals surface area contributed by atoms with Crippen molar-refractivity contribution in [2.45, 2.75) is 31.2 Å². The van der Waals surface area contributed by atoms with E-state index in [0.29, 0.717) is 18.7 Å². The number of halogens is 1. The lowest BCUT2D eigenvalue weighted by Crippen LogP contribution is -2.27. The van der Waals surface area contributed by atoms with Gasteiger partial charge in [0.25, 0.3) is 15.0 Å². The van der Waals surface area contributed by atoms with Crippen LogP contribution in [0.2, 0.25) is 0 Å². The van der Waals surface area contributed by atoms with Crippen LogP contribution in [-0.2, 0) is 19.9 Å². The molecule has 0 bridgehead atoms. The third-order valence-corrected chi connectivity index (χ3v) is 4.97. The molecule has 1 rings (SSSR count). The highest BCUT2D eigenvalue weighted by molar-refractivity contribution is 8.13. The zero-order valence-corrected chi connectivity index (χ0v) is 14.5. The van der Waals surface area contributed by atoms with Crippen LogP contribution in [0, 0.1) is 0 Å². The molecule has 1 aromatic rings. The molecule has 0 aromatic carbocycles. The number of nitrogens with one attached hydrogen (secondary N) is 1. The standard InChI is InChI=1S/C12H19ClN2O4S2/c1-9(2)15-8-10(21(13,18)19)7-11(15)12(16)14-5-4-6-20(3)17/h7-9H,4-6H2,1-3H3,(H,14,16). The molecule has 1 N–H and O–H groups in total. The zero-order chi connectivity index (χ0) is 16.2. The molecule has 1 amide bonds. The Morgan fingerprint density at radius 3 is 2.57 bits per heavy atom. The van der Waals surface area contributed by atoms with Crippen LogP contribution < -0.4 is 5.32 Å². The Labute approximate surface area is 131 Å². The summed E-state index contributed by atoms with van der Waals surface area (Å²) in [4.78, 5) is 12.0. The van der Waals surface area contributed by atoms with E-state index in [1.165, 1.54) is 12.3 Å². The van der Waals surface area contributed by atoms with Crippen molar-refractivity contribution in [2.24, 2.45) is 0 Å². The third kappa shape index (κ3) is 5.44. The summed E-state index contributed by atoms with van der Waals surface area (Å²) in [5.74, 6) is 0.129. The molecule has 1 heterocycles. The fraction of sp³-hybridized carbons (Fsp3) is 0.583. The largest absolute Gasteiger partial charge is 0.351 e. The summed E-state index contributed by atoms with van der Waals surface area (Å²) in [5, 5.41) is 2.68. The summed E-state index contributed by atoms with van der Waals surface area (Å²) < 4.78 is 35.2. The summed E-state index contributed by atoms with van der Waals surface area (Å²) >= 11 is 0. The molecule has 0 aliphatic carbocycles. The number of nitrogens with zero attached hydrogens (tertiary/aromatic N) is 1. The molecule has 0 saturated heterocycles. The molecule has 1 aromatic heterocycles. The fourth-order valence-corrected chi connectivity index (χ4v) is 3.06. The molecule has 120 valence electrons. The van der Waals surface area contributed by atoms with Gasteiger partial charge in [-0.1, -0.05) is 0 Å². The lowest BCUT2D eigenvalue weighted by Gasteiger charge is -2.12. The number of aromatic nitrogens is 1. The van der Waals surface area contributed by atoms with Crippen molar-refractivity contribution >= 4 is 36.4 Å². The van der Waals surface area contributed by atoms with E-state index in [-0.39, 0.29) is 22.5 Å². The molecule has 9 heteroatoms. The first kappa shape index (κ1) is 18.2. The summed E-state index contributed by atoms with van der Waals surface area (Å²) in [5.41, 5.74) is 0.238. The minimum Gasteiger partial charge on any atom is -0.351 e. The van der Waals surface area contributed by atoms with Crippen molar-refractivity contribution in [1.82, 2.24) is 9.88 Å². The molecule has 0 aliphatic heterocycles. The molecule has 1 unspecified atom stereocenters. The van der Waals surface area contributed by atoms with Gasteiger partial charge in [0.2, 0.25) is 0 Å². The van der Waals surface area contributed by atoms with Gasteiger partial charge in [-0.05, 0) is 26.3 Å². The first-order valence-electron chi connectivity index (χ1n) is 6.37. The summed E-state index contributed by atoms with van der Waals surface area (Å²) in [6, 6.07) is 1.18. The topological polar surface area (TPSA) is 85.2 Å². The zero-order valence-electron chi connectivity index (χ0n) is 12.1. The maximum Gasteiger partial charge on any atom is 0.267 e. The van der Waals surface area contributed by atoms with E-state index in [9.17, 15) is 17.4 Å². The molecule has 0 saturated carbocycles. The second-order valence-electron chi connectivity index (χ2n) is 4.89. The number of rotatable bonds is 7. The average Bonchev–Trinajstić information content (AvgIpc) is 2.79. The van der Waals surface area contributed by atoms with Gasteiger partial charge < -0.3 is 9.88 Å². The van der Waals surface area contributed by atoms with Crippen molar-refractivity contribution in [3.05, 3.63) is 18.0 Å². The van der Waals surface area contributed by atoms with Crippen molar-refractivity contribution in [3.8, 4) is 0 Å². The second kappa shape index (κ2) is 7.42. The van der Waals surface area contributed by atoms with Crippen LogP contribution >= 0.6 is 10.7 Å². The smallest absolute Gasteiger partial charge is 0.267 e. The fourth-order valence-electron chi connectivity index (χ4n) is 1.76. The van der Waals surface area contributed by atoms with E-state index in [2.05, 4.69) is 5.32 Å². The lowest BCUT2D eigenvalue weighted by atomic mass is 10.3. The Morgan fingerprint density at radius 1 is 1.48 bits per heavy atom. The Kier molecular flexibility index (Phi) is 6.42. The van der Waals surface area contributed by atoms with E-state index < -0.39 is 19.9 Å². The maximum atomic E-state index is 12.1. The van der Waals surface area contributed by atoms with Crippen LogP contribution in [-0.4, -0.2) is 41.7 Å². The predicted molar refractivity (Wildman–Crippen MR) is 83.7 cm³/mol. The molecule has 1 atom stereocenters. The van der Waals surface area contributed by atoms with Gasteiger partial charge in [0, 0.05) is 52.3 Å². The molecule has 0 radical (unpaired) electrons. The van der Waals surface area contributed by atoms with Crippen molar-refractivity contribution in [2.75, 3.05) is 18.6 Å². The van der Waals surface area contributed by atoms with Gasteiger partial charge in [-0.15, -0.1) is 0 Å². The molecule has 0 fully saturated rings. The van der Waals surface area contributed by atoms with Gasteiger partial charge in [-0.3, -0.25) is 9.00 Å². The van der Waals surface area contributed by atoms with Crippen LogP contribution in [0.1, 0.15) is 36.8 Å². The molecule has 0 spiro atoms. The van der Waals surface area contributed by atoms with Crippen LogP contribution in [0.5, 0.6) is 0 Å². The summed E-state index contributed by atoms with van der Waals surface area (Å²) in [6.07, 6.45) is 3.55. The van der Waals surface area contributed by atoms with Gasteiger partial charge >= 0.3 is 0 Å². The van der Waals surface area contributed by atoms with Gasteiger partial charge in [0.15, 0.2) is 0 Å². The highest BCUT2D eigenvalue weighted by Gasteiger charge is 2.20. The monoisotopic (exact) mass is 354 g/mol. The SMILES string of the molecule is CC(C)n1cc(S(=O)(=O)Cl)cc1C(=O)NCCCS(C)=O. The summed E-state index contributed by atoms with van der Waals surface area (Å²) in [6.45, 7) is 4.05. The Bertz CT molecular complexity index is 638. The third-order valence-electron chi connectivity index (χ3n) is 2.79. The Hall–Kier alpha value is -0.860. The van der Waals surface area contributed by atoms with Crippen molar-refractivity contribution in [1.29, 1.82) is 0 Å². The van der Waals surface area contributed by atoms with E-state index in [4.69, 9.17) is 10.7 Å². The normalized spacial score (nSPS) is 13.4. The quantitative estimate of drug-likeness (QED) is 0.594. The van der Waals surface area contributed by atoms with Crippen molar-refractivity contribution in [3.63, 3.8) is 0 Å². The van der Waals surface area contributed by atoms with E-state index in [0.717, 1.165) is 0 Å². The molecule has 6 nitrogen and oxygen atoms in total. The Morgan fingerprint density at radius 2 is 2.10 bits per heavy atom. The van der Waals surface area contributed by atoms with E-state index in [1.54, 1.807) is 10.8 Å². The molecular weight excluding hydrogens is 336 g/mol. The van der Waals surface area contributed by atoms with E-state index in [1.807, 2.05) is 13.8 Å². The van der Waals surface area contributed by atoms with E-state index >= 15 is 0 Å². The minimum atomic E-state index is -3.88. The average molecular weight is 355 g/mol.